The zero-order valence-electron chi connectivity index (χ0n) is 9.64. The second-order valence-corrected chi connectivity index (χ2v) is 4.20. The predicted molar refractivity (Wildman–Crippen MR) is 58.2 cm³/mol. The number of aliphatic hydroxyl groups excluding tert-OH is 1. The molecule has 86 valence electrons. The molecule has 1 aromatic rings. The Morgan fingerprint density at radius 1 is 1.67 bits per heavy atom. The molecule has 0 amide bonds. The maximum Gasteiger partial charge on any atom is 0.138 e. The van der Waals surface area contributed by atoms with Gasteiger partial charge in [-0.3, -0.25) is 4.68 Å². The summed E-state index contributed by atoms with van der Waals surface area (Å²) in [7, 11) is 0. The van der Waals surface area contributed by atoms with Crippen molar-refractivity contribution in [2.24, 2.45) is 11.1 Å². The van der Waals surface area contributed by atoms with E-state index in [1.807, 2.05) is 18.5 Å². The predicted octanol–water partition coefficient (Wildman–Crippen LogP) is 0.186. The van der Waals surface area contributed by atoms with Gasteiger partial charge in [0.1, 0.15) is 12.2 Å². The number of rotatable bonds is 5. The molecule has 0 aromatic carbocycles. The van der Waals surface area contributed by atoms with Crippen LogP contribution in [0.25, 0.3) is 0 Å². The molecule has 0 aliphatic rings. The molecule has 5 nitrogen and oxygen atoms in total. The van der Waals surface area contributed by atoms with E-state index < -0.39 is 6.10 Å². The second kappa shape index (κ2) is 4.72. The average molecular weight is 212 g/mol. The highest BCUT2D eigenvalue weighted by molar-refractivity contribution is 4.95. The van der Waals surface area contributed by atoms with E-state index >= 15 is 0 Å². The molecule has 0 aliphatic carbocycles. The summed E-state index contributed by atoms with van der Waals surface area (Å²) in [5.41, 5.74) is 5.37. The summed E-state index contributed by atoms with van der Waals surface area (Å²) in [5.74, 6) is 0.881. The van der Waals surface area contributed by atoms with Gasteiger partial charge in [0.2, 0.25) is 0 Å². The zero-order valence-corrected chi connectivity index (χ0v) is 9.64. The minimum absolute atomic E-state index is 0.333. The lowest BCUT2D eigenvalue weighted by atomic mass is 9.81. The van der Waals surface area contributed by atoms with Crippen molar-refractivity contribution in [3.05, 3.63) is 12.2 Å². The third-order valence-electron chi connectivity index (χ3n) is 3.03. The number of aryl methyl sites for hydroxylation is 1. The Morgan fingerprint density at radius 2 is 2.33 bits per heavy atom. The number of nitrogens with two attached hydrogens (primary N) is 1. The molecule has 2 unspecified atom stereocenters. The summed E-state index contributed by atoms with van der Waals surface area (Å²) >= 11 is 0. The van der Waals surface area contributed by atoms with Crippen LogP contribution in [0.3, 0.4) is 0 Å². The Hall–Kier alpha value is -0.940. The van der Waals surface area contributed by atoms with Crippen LogP contribution in [0.2, 0.25) is 0 Å². The first-order chi connectivity index (χ1) is 7.03. The monoisotopic (exact) mass is 212 g/mol. The average Bonchev–Trinajstić information content (AvgIpc) is 2.64. The highest BCUT2D eigenvalue weighted by Crippen LogP contribution is 2.24. The Labute approximate surface area is 90.3 Å². The van der Waals surface area contributed by atoms with E-state index in [2.05, 4.69) is 10.1 Å². The first-order valence-corrected chi connectivity index (χ1v) is 5.28. The summed E-state index contributed by atoms with van der Waals surface area (Å²) in [4.78, 5) is 4.19. The maximum atomic E-state index is 9.70. The van der Waals surface area contributed by atoms with Crippen LogP contribution >= 0.6 is 0 Å². The van der Waals surface area contributed by atoms with Crippen LogP contribution in [-0.2, 0) is 13.0 Å². The first kappa shape index (κ1) is 12.1. The minimum Gasteiger partial charge on any atom is -0.393 e. The first-order valence-electron chi connectivity index (χ1n) is 5.28. The van der Waals surface area contributed by atoms with Crippen LogP contribution in [0.4, 0.5) is 0 Å². The van der Waals surface area contributed by atoms with Gasteiger partial charge in [0.15, 0.2) is 0 Å². The molecule has 1 heterocycles. The largest absolute Gasteiger partial charge is 0.393 e. The molecule has 0 fully saturated rings. The van der Waals surface area contributed by atoms with E-state index in [0.717, 1.165) is 12.4 Å². The van der Waals surface area contributed by atoms with Gasteiger partial charge in [-0.25, -0.2) is 4.98 Å². The maximum absolute atomic E-state index is 9.70. The number of aromatic nitrogens is 3. The molecular weight excluding hydrogens is 192 g/mol. The minimum atomic E-state index is -0.454. The Kier molecular flexibility index (Phi) is 3.82. The van der Waals surface area contributed by atoms with Crippen LogP contribution in [0, 0.1) is 5.41 Å². The summed E-state index contributed by atoms with van der Waals surface area (Å²) in [6.07, 6.45) is 1.73. The van der Waals surface area contributed by atoms with Crippen molar-refractivity contribution in [1.82, 2.24) is 14.8 Å². The highest BCUT2D eigenvalue weighted by Gasteiger charge is 2.30. The van der Waals surface area contributed by atoms with Crippen LogP contribution < -0.4 is 5.73 Å². The molecule has 15 heavy (non-hydrogen) atoms. The van der Waals surface area contributed by atoms with Crippen LogP contribution in [0.15, 0.2) is 6.33 Å². The highest BCUT2D eigenvalue weighted by atomic mass is 16.3. The zero-order chi connectivity index (χ0) is 11.5. The van der Waals surface area contributed by atoms with E-state index in [1.165, 1.54) is 6.33 Å². The lowest BCUT2D eigenvalue weighted by Crippen LogP contribution is -2.40. The Balaban J connectivity index is 2.83. The SMILES string of the molecule is CCn1ncnc1CC(C)(CN)C(C)O. The fraction of sp³-hybridized carbons (Fsp3) is 0.800. The fourth-order valence-electron chi connectivity index (χ4n) is 1.44. The van der Waals surface area contributed by atoms with E-state index in [1.54, 1.807) is 6.92 Å². The Bertz CT molecular complexity index is 310. The summed E-state index contributed by atoms with van der Waals surface area (Å²) in [5, 5.41) is 13.8. The molecule has 0 aliphatic heterocycles. The molecule has 1 rings (SSSR count). The van der Waals surface area contributed by atoms with Gasteiger partial charge in [-0.15, -0.1) is 0 Å². The number of aliphatic hydroxyl groups is 1. The third-order valence-corrected chi connectivity index (χ3v) is 3.03. The quantitative estimate of drug-likeness (QED) is 0.730. The molecule has 0 spiro atoms. The second-order valence-electron chi connectivity index (χ2n) is 4.20. The topological polar surface area (TPSA) is 77.0 Å². The number of hydrogen-bond donors (Lipinski definition) is 2. The van der Waals surface area contributed by atoms with Gasteiger partial charge in [0.05, 0.1) is 6.10 Å². The van der Waals surface area contributed by atoms with Gasteiger partial charge in [-0.1, -0.05) is 6.92 Å². The summed E-state index contributed by atoms with van der Waals surface area (Å²) in [6.45, 7) is 6.96. The molecule has 3 N–H and O–H groups in total. The van der Waals surface area contributed by atoms with Crippen molar-refractivity contribution in [2.45, 2.75) is 39.8 Å². The van der Waals surface area contributed by atoms with Crippen molar-refractivity contribution in [3.63, 3.8) is 0 Å². The van der Waals surface area contributed by atoms with Crippen LogP contribution in [0.5, 0.6) is 0 Å². The lowest BCUT2D eigenvalue weighted by Gasteiger charge is -2.30. The lowest BCUT2D eigenvalue weighted by molar-refractivity contribution is 0.0566. The van der Waals surface area contributed by atoms with E-state index in [9.17, 15) is 5.11 Å². The van der Waals surface area contributed by atoms with Crippen molar-refractivity contribution in [3.8, 4) is 0 Å². The van der Waals surface area contributed by atoms with E-state index in [0.29, 0.717) is 13.0 Å². The van der Waals surface area contributed by atoms with Crippen molar-refractivity contribution in [2.75, 3.05) is 6.54 Å². The molecule has 0 radical (unpaired) electrons. The number of nitrogens with zero attached hydrogens (tertiary/aromatic N) is 3. The van der Waals surface area contributed by atoms with Gasteiger partial charge in [0, 0.05) is 24.9 Å². The molecule has 0 saturated carbocycles. The fourth-order valence-corrected chi connectivity index (χ4v) is 1.44. The van der Waals surface area contributed by atoms with E-state index in [-0.39, 0.29) is 5.41 Å². The smallest absolute Gasteiger partial charge is 0.138 e. The van der Waals surface area contributed by atoms with Crippen molar-refractivity contribution >= 4 is 0 Å². The van der Waals surface area contributed by atoms with Gasteiger partial charge in [-0.05, 0) is 13.8 Å². The third kappa shape index (κ3) is 2.54. The van der Waals surface area contributed by atoms with Gasteiger partial charge < -0.3 is 10.8 Å². The van der Waals surface area contributed by atoms with Crippen LogP contribution in [-0.4, -0.2) is 32.5 Å². The van der Waals surface area contributed by atoms with E-state index in [4.69, 9.17) is 5.73 Å². The van der Waals surface area contributed by atoms with Gasteiger partial charge in [-0.2, -0.15) is 5.10 Å². The summed E-state index contributed by atoms with van der Waals surface area (Å²) < 4.78 is 1.83. The van der Waals surface area contributed by atoms with Gasteiger partial charge in [0.25, 0.3) is 0 Å². The molecule has 2 atom stereocenters. The molecule has 5 heteroatoms. The summed E-state index contributed by atoms with van der Waals surface area (Å²) in [6, 6.07) is 0. The molecule has 1 aromatic heterocycles. The molecule has 0 bridgehead atoms. The van der Waals surface area contributed by atoms with Crippen LogP contribution in [0.1, 0.15) is 26.6 Å². The Morgan fingerprint density at radius 3 is 2.80 bits per heavy atom. The number of hydrogen-bond acceptors (Lipinski definition) is 4. The normalized spacial score (nSPS) is 17.4. The van der Waals surface area contributed by atoms with Crippen molar-refractivity contribution in [1.29, 1.82) is 0 Å². The van der Waals surface area contributed by atoms with Gasteiger partial charge >= 0.3 is 0 Å². The van der Waals surface area contributed by atoms with Crippen molar-refractivity contribution < 1.29 is 5.11 Å². The molecule has 0 saturated heterocycles. The standard InChI is InChI=1S/C10H20N4O/c1-4-14-9(12-7-13-14)5-10(3,6-11)8(2)15/h7-8,15H,4-6,11H2,1-3H3. The molecular formula is C10H20N4O.